The first-order valence-electron chi connectivity index (χ1n) is 7.13. The summed E-state index contributed by atoms with van der Waals surface area (Å²) in [6.45, 7) is 5.74. The Morgan fingerprint density at radius 3 is 2.63 bits per heavy atom. The molecule has 0 spiro atoms. The Kier molecular flexibility index (Phi) is 3.09. The second-order valence-electron chi connectivity index (χ2n) is 5.97. The molecule has 2 heterocycles. The van der Waals surface area contributed by atoms with Gasteiger partial charge >= 0.3 is 0 Å². The fraction of sp³-hybridized carbons (Fsp3) is 0.714. The number of piperidine rings is 1. The number of aromatic nitrogens is 2. The van der Waals surface area contributed by atoms with Crippen molar-refractivity contribution in [3.05, 3.63) is 11.4 Å². The molecule has 3 rings (SSSR count). The van der Waals surface area contributed by atoms with Crippen molar-refractivity contribution in [3.8, 4) is 0 Å². The van der Waals surface area contributed by atoms with Gasteiger partial charge in [-0.2, -0.15) is 0 Å². The highest BCUT2D eigenvalue weighted by molar-refractivity contribution is 5.57. The topological polar surface area (TPSA) is 75.3 Å². The summed E-state index contributed by atoms with van der Waals surface area (Å²) < 4.78 is 0. The lowest BCUT2D eigenvalue weighted by Gasteiger charge is -2.36. The van der Waals surface area contributed by atoms with Crippen LogP contribution in [0.3, 0.4) is 0 Å². The molecule has 5 nitrogen and oxygen atoms in total. The zero-order valence-corrected chi connectivity index (χ0v) is 11.6. The minimum atomic E-state index is -0.196. The number of hydrogen-bond acceptors (Lipinski definition) is 5. The SMILES string of the molecule is Cc1c(N)nc(C2CC2)nc1N1CCC(O)C(C)C1. The van der Waals surface area contributed by atoms with E-state index in [1.807, 2.05) is 6.92 Å². The molecule has 3 N–H and O–H groups in total. The van der Waals surface area contributed by atoms with Gasteiger partial charge in [0, 0.05) is 24.6 Å². The van der Waals surface area contributed by atoms with Crippen molar-refractivity contribution >= 4 is 11.6 Å². The second kappa shape index (κ2) is 4.63. The van der Waals surface area contributed by atoms with E-state index >= 15 is 0 Å². The van der Waals surface area contributed by atoms with E-state index in [2.05, 4.69) is 16.8 Å². The summed E-state index contributed by atoms with van der Waals surface area (Å²) >= 11 is 0. The predicted octanol–water partition coefficient (Wildman–Crippen LogP) is 1.45. The van der Waals surface area contributed by atoms with Crippen LogP contribution in [-0.2, 0) is 0 Å². The Bertz CT molecular complexity index is 487. The molecular formula is C14H22N4O. The summed E-state index contributed by atoms with van der Waals surface area (Å²) in [6.07, 6.45) is 2.95. The van der Waals surface area contributed by atoms with Gasteiger partial charge in [0.05, 0.1) is 6.10 Å². The third-order valence-corrected chi connectivity index (χ3v) is 4.28. The zero-order chi connectivity index (χ0) is 13.6. The molecule has 19 heavy (non-hydrogen) atoms. The third-order valence-electron chi connectivity index (χ3n) is 4.28. The van der Waals surface area contributed by atoms with Crippen molar-refractivity contribution in [2.45, 2.75) is 45.1 Å². The Morgan fingerprint density at radius 1 is 1.26 bits per heavy atom. The lowest BCUT2D eigenvalue weighted by atomic mass is 9.96. The Labute approximate surface area is 113 Å². The maximum Gasteiger partial charge on any atom is 0.137 e. The van der Waals surface area contributed by atoms with E-state index in [9.17, 15) is 5.11 Å². The molecule has 0 bridgehead atoms. The lowest BCUT2D eigenvalue weighted by molar-refractivity contribution is 0.0968. The summed E-state index contributed by atoms with van der Waals surface area (Å²) in [5.41, 5.74) is 6.99. The molecule has 1 aromatic rings. The van der Waals surface area contributed by atoms with Gasteiger partial charge in [-0.1, -0.05) is 6.92 Å². The molecule has 1 aromatic heterocycles. The van der Waals surface area contributed by atoms with Crippen LogP contribution in [0, 0.1) is 12.8 Å². The fourth-order valence-electron chi connectivity index (χ4n) is 2.70. The quantitative estimate of drug-likeness (QED) is 0.843. The lowest BCUT2D eigenvalue weighted by Crippen LogP contribution is -2.42. The third kappa shape index (κ3) is 2.39. The summed E-state index contributed by atoms with van der Waals surface area (Å²) in [5.74, 6) is 3.25. The summed E-state index contributed by atoms with van der Waals surface area (Å²) in [7, 11) is 0. The highest BCUT2D eigenvalue weighted by atomic mass is 16.3. The zero-order valence-electron chi connectivity index (χ0n) is 11.6. The van der Waals surface area contributed by atoms with Crippen molar-refractivity contribution in [3.63, 3.8) is 0 Å². The van der Waals surface area contributed by atoms with E-state index in [-0.39, 0.29) is 12.0 Å². The maximum absolute atomic E-state index is 9.83. The van der Waals surface area contributed by atoms with Crippen LogP contribution in [0.1, 0.15) is 43.5 Å². The molecule has 2 atom stereocenters. The van der Waals surface area contributed by atoms with Crippen LogP contribution < -0.4 is 10.6 Å². The van der Waals surface area contributed by atoms with Crippen molar-refractivity contribution < 1.29 is 5.11 Å². The Morgan fingerprint density at radius 2 is 2.00 bits per heavy atom. The number of rotatable bonds is 2. The van der Waals surface area contributed by atoms with E-state index in [1.165, 1.54) is 12.8 Å². The molecule has 1 saturated heterocycles. The number of nitrogens with two attached hydrogens (primary N) is 1. The van der Waals surface area contributed by atoms with Gasteiger partial charge in [0.2, 0.25) is 0 Å². The monoisotopic (exact) mass is 262 g/mol. The number of anilines is 2. The summed E-state index contributed by atoms with van der Waals surface area (Å²) in [6, 6.07) is 0. The number of nitrogen functional groups attached to an aromatic ring is 1. The molecule has 0 amide bonds. The van der Waals surface area contributed by atoms with Crippen molar-refractivity contribution in [1.29, 1.82) is 0 Å². The van der Waals surface area contributed by atoms with Crippen molar-refractivity contribution in [2.75, 3.05) is 23.7 Å². The largest absolute Gasteiger partial charge is 0.393 e. The molecule has 5 heteroatoms. The maximum atomic E-state index is 9.83. The second-order valence-corrected chi connectivity index (χ2v) is 5.97. The first-order valence-corrected chi connectivity index (χ1v) is 7.13. The number of aliphatic hydroxyl groups is 1. The fourth-order valence-corrected chi connectivity index (χ4v) is 2.70. The summed E-state index contributed by atoms with van der Waals surface area (Å²) in [5, 5.41) is 9.83. The highest BCUT2D eigenvalue weighted by Gasteiger charge is 2.30. The van der Waals surface area contributed by atoms with Gasteiger partial charge in [-0.3, -0.25) is 0 Å². The van der Waals surface area contributed by atoms with Gasteiger partial charge < -0.3 is 15.7 Å². The first-order chi connectivity index (χ1) is 9.06. The van der Waals surface area contributed by atoms with Gasteiger partial charge in [0.25, 0.3) is 0 Å². The van der Waals surface area contributed by atoms with Gasteiger partial charge in [-0.05, 0) is 32.1 Å². The number of aliphatic hydroxyl groups excluding tert-OH is 1. The van der Waals surface area contributed by atoms with Crippen molar-refractivity contribution in [1.82, 2.24) is 9.97 Å². The van der Waals surface area contributed by atoms with Crippen LogP contribution in [0.15, 0.2) is 0 Å². The standard InChI is InChI=1S/C14H22N4O/c1-8-7-18(6-5-11(8)19)14-9(2)12(15)16-13(17-14)10-3-4-10/h8,10-11,19H,3-7H2,1-2H3,(H2,15,16,17). The summed E-state index contributed by atoms with van der Waals surface area (Å²) in [4.78, 5) is 11.4. The molecule has 1 aliphatic carbocycles. The number of nitrogens with zero attached hydrogens (tertiary/aromatic N) is 3. The van der Waals surface area contributed by atoms with E-state index in [0.29, 0.717) is 11.7 Å². The van der Waals surface area contributed by atoms with E-state index in [0.717, 1.165) is 36.7 Å². The molecule has 0 aromatic carbocycles. The molecule has 2 aliphatic rings. The van der Waals surface area contributed by atoms with Gasteiger partial charge in [-0.15, -0.1) is 0 Å². The average molecular weight is 262 g/mol. The molecule has 1 aliphatic heterocycles. The van der Waals surface area contributed by atoms with Crippen LogP contribution >= 0.6 is 0 Å². The molecule has 2 fully saturated rings. The normalized spacial score (nSPS) is 27.6. The van der Waals surface area contributed by atoms with Crippen LogP contribution in [0.2, 0.25) is 0 Å². The van der Waals surface area contributed by atoms with Gasteiger partial charge in [0.15, 0.2) is 0 Å². The van der Waals surface area contributed by atoms with Crippen LogP contribution in [-0.4, -0.2) is 34.3 Å². The molecule has 0 radical (unpaired) electrons. The minimum Gasteiger partial charge on any atom is -0.393 e. The predicted molar refractivity (Wildman–Crippen MR) is 75.2 cm³/mol. The molecular weight excluding hydrogens is 240 g/mol. The van der Waals surface area contributed by atoms with E-state index in [1.54, 1.807) is 0 Å². The Balaban J connectivity index is 1.90. The number of hydrogen-bond donors (Lipinski definition) is 2. The molecule has 104 valence electrons. The average Bonchev–Trinajstić information content (AvgIpc) is 3.20. The van der Waals surface area contributed by atoms with E-state index < -0.39 is 0 Å². The highest BCUT2D eigenvalue weighted by Crippen LogP contribution is 2.40. The van der Waals surface area contributed by atoms with Gasteiger partial charge in [-0.25, -0.2) is 9.97 Å². The van der Waals surface area contributed by atoms with E-state index in [4.69, 9.17) is 10.7 Å². The molecule has 1 saturated carbocycles. The smallest absolute Gasteiger partial charge is 0.137 e. The van der Waals surface area contributed by atoms with Gasteiger partial charge in [0.1, 0.15) is 17.5 Å². The van der Waals surface area contributed by atoms with Crippen LogP contribution in [0.25, 0.3) is 0 Å². The van der Waals surface area contributed by atoms with Crippen molar-refractivity contribution in [2.24, 2.45) is 5.92 Å². The van der Waals surface area contributed by atoms with Crippen LogP contribution in [0.4, 0.5) is 11.6 Å². The molecule has 2 unspecified atom stereocenters. The van der Waals surface area contributed by atoms with Crippen LogP contribution in [0.5, 0.6) is 0 Å². The minimum absolute atomic E-state index is 0.196. The first kappa shape index (κ1) is 12.7. The Hall–Kier alpha value is -1.36.